The maximum absolute atomic E-state index is 1.59. The molecule has 0 aromatic carbocycles. The Bertz CT molecular complexity index is 160. The SMILES string of the molecule is C1CCC[CH]([Al][CH]2CCCCCCC2)CCC1.F. The Labute approximate surface area is 119 Å². The first-order chi connectivity index (χ1) is 8.45. The van der Waals surface area contributed by atoms with Crippen molar-refractivity contribution in [3.8, 4) is 0 Å². The minimum atomic E-state index is 0. The van der Waals surface area contributed by atoms with E-state index in [1.54, 1.807) is 51.4 Å². The van der Waals surface area contributed by atoms with E-state index >= 15 is 0 Å². The predicted molar refractivity (Wildman–Crippen MR) is 80.4 cm³/mol. The molecule has 0 amide bonds. The van der Waals surface area contributed by atoms with Gasteiger partial charge in [-0.2, -0.15) is 0 Å². The molecule has 0 spiro atoms. The lowest BCUT2D eigenvalue weighted by Gasteiger charge is -2.25. The predicted octanol–water partition coefficient (Wildman–Crippen LogP) is 5.91. The highest BCUT2D eigenvalue weighted by Crippen LogP contribution is 2.34. The van der Waals surface area contributed by atoms with E-state index in [1.807, 2.05) is 0 Å². The standard InChI is InChI=1S/2C8H15.Al.FH/c2*1-2-4-6-8-7-5-3-1;;/h2*1H,2-8H2;;1H. The highest BCUT2D eigenvalue weighted by Gasteiger charge is 2.20. The molecule has 18 heavy (non-hydrogen) atoms. The van der Waals surface area contributed by atoms with Gasteiger partial charge in [0.2, 0.25) is 15.2 Å². The molecule has 2 aliphatic rings. The second-order valence-corrected chi connectivity index (χ2v) is 8.67. The van der Waals surface area contributed by atoms with Crippen LogP contribution in [0.25, 0.3) is 0 Å². The van der Waals surface area contributed by atoms with E-state index in [4.69, 9.17) is 0 Å². The average molecular weight is 269 g/mol. The lowest BCUT2D eigenvalue weighted by atomic mass is 10.00. The summed E-state index contributed by atoms with van der Waals surface area (Å²) in [5, 5.41) is 0. The minimum absolute atomic E-state index is 0. The summed E-state index contributed by atoms with van der Waals surface area (Å²) in [6, 6.07) is 0. The van der Waals surface area contributed by atoms with Crippen LogP contribution in [-0.4, -0.2) is 15.2 Å². The van der Waals surface area contributed by atoms with Crippen molar-refractivity contribution in [3.63, 3.8) is 0 Å². The van der Waals surface area contributed by atoms with E-state index in [0.717, 1.165) is 15.2 Å². The molecule has 0 unspecified atom stereocenters. The van der Waals surface area contributed by atoms with Crippen LogP contribution in [0.3, 0.4) is 0 Å². The Morgan fingerprint density at radius 3 is 1.06 bits per heavy atom. The van der Waals surface area contributed by atoms with Gasteiger partial charge >= 0.3 is 0 Å². The molecule has 0 aliphatic heterocycles. The molecular formula is C16H31AlF. The summed E-state index contributed by atoms with van der Waals surface area (Å²) < 4.78 is 2.36. The molecule has 0 heterocycles. The van der Waals surface area contributed by atoms with E-state index in [9.17, 15) is 0 Å². The largest absolute Gasteiger partial charge is 0.269 e. The number of hydrogen-bond acceptors (Lipinski definition) is 0. The molecule has 2 heteroatoms. The van der Waals surface area contributed by atoms with Gasteiger partial charge in [0.25, 0.3) is 0 Å². The van der Waals surface area contributed by atoms with E-state index < -0.39 is 0 Å². The molecule has 0 aromatic rings. The Morgan fingerprint density at radius 2 is 0.722 bits per heavy atom. The summed E-state index contributed by atoms with van der Waals surface area (Å²) in [5.74, 6) is 0. The van der Waals surface area contributed by atoms with Crippen molar-refractivity contribution in [1.29, 1.82) is 0 Å². The first kappa shape index (κ1) is 16.5. The molecule has 0 aromatic heterocycles. The Balaban J connectivity index is 0.00000162. The van der Waals surface area contributed by atoms with Gasteiger partial charge in [0.05, 0.1) is 0 Å². The normalized spacial score (nSPS) is 25.1. The fourth-order valence-electron chi connectivity index (χ4n) is 3.75. The van der Waals surface area contributed by atoms with Crippen LogP contribution in [0, 0.1) is 0 Å². The van der Waals surface area contributed by atoms with Crippen molar-refractivity contribution in [1.82, 2.24) is 0 Å². The molecule has 2 fully saturated rings. The van der Waals surface area contributed by atoms with Crippen LogP contribution in [0.5, 0.6) is 0 Å². The molecule has 0 N–H and O–H groups in total. The summed E-state index contributed by atoms with van der Waals surface area (Å²) in [5.41, 5.74) is 0. The first-order valence-corrected chi connectivity index (χ1v) is 9.63. The third kappa shape index (κ3) is 6.58. The Kier molecular flexibility index (Phi) is 9.43. The zero-order valence-corrected chi connectivity index (χ0v) is 13.2. The quantitative estimate of drug-likeness (QED) is 0.547. The fourth-order valence-corrected chi connectivity index (χ4v) is 6.23. The van der Waals surface area contributed by atoms with Gasteiger partial charge in [-0.05, 0) is 0 Å². The van der Waals surface area contributed by atoms with Crippen LogP contribution in [0.4, 0.5) is 4.70 Å². The van der Waals surface area contributed by atoms with Crippen molar-refractivity contribution in [3.05, 3.63) is 0 Å². The molecule has 2 saturated carbocycles. The van der Waals surface area contributed by atoms with Crippen LogP contribution in [-0.2, 0) is 0 Å². The summed E-state index contributed by atoms with van der Waals surface area (Å²) >= 11 is 0.780. The molecular weight excluding hydrogens is 238 g/mol. The second-order valence-electron chi connectivity index (χ2n) is 6.40. The summed E-state index contributed by atoms with van der Waals surface area (Å²) in [6.45, 7) is 0. The molecule has 0 bridgehead atoms. The molecule has 0 atom stereocenters. The van der Waals surface area contributed by atoms with E-state index in [1.165, 1.54) is 48.1 Å². The van der Waals surface area contributed by atoms with Gasteiger partial charge in [-0.3, -0.25) is 4.70 Å². The highest BCUT2D eigenvalue weighted by molar-refractivity contribution is 6.39. The van der Waals surface area contributed by atoms with Crippen molar-refractivity contribution in [2.24, 2.45) is 0 Å². The fraction of sp³-hybridized carbons (Fsp3) is 1.00. The van der Waals surface area contributed by atoms with Crippen molar-refractivity contribution >= 4 is 15.2 Å². The number of rotatable bonds is 2. The lowest BCUT2D eigenvalue weighted by molar-refractivity contribution is 0.477. The molecule has 105 valence electrons. The Morgan fingerprint density at radius 1 is 0.444 bits per heavy atom. The lowest BCUT2D eigenvalue weighted by Crippen LogP contribution is -2.14. The first-order valence-electron chi connectivity index (χ1n) is 8.30. The summed E-state index contributed by atoms with van der Waals surface area (Å²) in [4.78, 5) is 0. The molecule has 0 saturated heterocycles. The van der Waals surface area contributed by atoms with Crippen LogP contribution in [0.15, 0.2) is 0 Å². The van der Waals surface area contributed by atoms with Gasteiger partial charge < -0.3 is 0 Å². The van der Waals surface area contributed by atoms with Crippen LogP contribution < -0.4 is 0 Å². The monoisotopic (exact) mass is 269 g/mol. The third-order valence-corrected chi connectivity index (χ3v) is 7.27. The minimum Gasteiger partial charge on any atom is -0.269 e. The maximum Gasteiger partial charge on any atom is 0.210 e. The molecule has 2 rings (SSSR count). The van der Waals surface area contributed by atoms with E-state index in [-0.39, 0.29) is 4.70 Å². The summed E-state index contributed by atoms with van der Waals surface area (Å²) in [6.07, 6.45) is 21.7. The van der Waals surface area contributed by atoms with Crippen LogP contribution >= 0.6 is 0 Å². The molecule has 1 radical (unpaired) electrons. The third-order valence-electron chi connectivity index (χ3n) is 4.84. The number of hydrogen-bond donors (Lipinski definition) is 0. The highest BCUT2D eigenvalue weighted by atomic mass is 27.1. The van der Waals surface area contributed by atoms with Gasteiger partial charge in [-0.15, -0.1) is 0 Å². The topological polar surface area (TPSA) is 0 Å². The maximum atomic E-state index is 1.59. The van der Waals surface area contributed by atoms with Crippen LogP contribution in [0.1, 0.15) is 89.9 Å². The van der Waals surface area contributed by atoms with Crippen molar-refractivity contribution in [2.75, 3.05) is 0 Å². The summed E-state index contributed by atoms with van der Waals surface area (Å²) in [7, 11) is 0. The number of halogens is 1. The van der Waals surface area contributed by atoms with E-state index in [2.05, 4.69) is 0 Å². The average Bonchev–Trinajstić information content (AvgIpc) is 2.24. The van der Waals surface area contributed by atoms with Crippen molar-refractivity contribution < 1.29 is 4.70 Å². The van der Waals surface area contributed by atoms with E-state index in [0.29, 0.717) is 0 Å². The molecule has 2 aliphatic carbocycles. The smallest absolute Gasteiger partial charge is 0.210 e. The van der Waals surface area contributed by atoms with Gasteiger partial charge in [-0.25, -0.2) is 0 Å². The molecule has 0 nitrogen and oxygen atoms in total. The van der Waals surface area contributed by atoms with Gasteiger partial charge in [-0.1, -0.05) is 99.5 Å². The van der Waals surface area contributed by atoms with Gasteiger partial charge in [0, 0.05) is 0 Å². The van der Waals surface area contributed by atoms with Crippen molar-refractivity contribution in [2.45, 2.75) is 99.5 Å². The zero-order valence-electron chi connectivity index (χ0n) is 12.0. The zero-order chi connectivity index (χ0) is 11.8. The Hall–Kier alpha value is 0.462. The van der Waals surface area contributed by atoms with Gasteiger partial charge in [0.1, 0.15) is 0 Å². The second kappa shape index (κ2) is 10.3. The van der Waals surface area contributed by atoms with Gasteiger partial charge in [0.15, 0.2) is 0 Å². The van der Waals surface area contributed by atoms with Crippen LogP contribution in [0.2, 0.25) is 9.56 Å².